The van der Waals surface area contributed by atoms with Crippen LogP contribution < -0.4 is 4.74 Å². The molecule has 0 aliphatic rings. The summed E-state index contributed by atoms with van der Waals surface area (Å²) >= 11 is 0. The van der Waals surface area contributed by atoms with Gasteiger partial charge in [0.15, 0.2) is 0 Å². The number of H-pyrrole nitrogens is 1. The second-order valence-electron chi connectivity index (χ2n) is 4.41. The summed E-state index contributed by atoms with van der Waals surface area (Å²) in [5.41, 5.74) is 2.68. The number of nitrogens with zero attached hydrogens (tertiary/aromatic N) is 1. The SMILES string of the molecule is COc1cccc(-c2[nH]c3ccc(F)cc3c2C#N)c1. The van der Waals surface area contributed by atoms with E-state index in [1.807, 2.05) is 24.3 Å². The zero-order valence-corrected chi connectivity index (χ0v) is 10.8. The molecular weight excluding hydrogens is 255 g/mol. The van der Waals surface area contributed by atoms with Crippen LogP contribution >= 0.6 is 0 Å². The van der Waals surface area contributed by atoms with Crippen molar-refractivity contribution in [3.63, 3.8) is 0 Å². The van der Waals surface area contributed by atoms with Crippen molar-refractivity contribution < 1.29 is 9.13 Å². The smallest absolute Gasteiger partial charge is 0.124 e. The van der Waals surface area contributed by atoms with Gasteiger partial charge in [-0.1, -0.05) is 12.1 Å². The largest absolute Gasteiger partial charge is 0.497 e. The summed E-state index contributed by atoms with van der Waals surface area (Å²) in [5, 5.41) is 9.95. The molecule has 1 aromatic heterocycles. The Kier molecular flexibility index (Phi) is 2.88. The molecule has 0 fully saturated rings. The normalized spacial score (nSPS) is 10.4. The van der Waals surface area contributed by atoms with Gasteiger partial charge in [0, 0.05) is 16.5 Å². The van der Waals surface area contributed by atoms with E-state index in [9.17, 15) is 9.65 Å². The lowest BCUT2D eigenvalue weighted by Crippen LogP contribution is -1.85. The number of hydrogen-bond acceptors (Lipinski definition) is 2. The van der Waals surface area contributed by atoms with E-state index < -0.39 is 0 Å². The van der Waals surface area contributed by atoms with E-state index in [0.717, 1.165) is 11.1 Å². The fraction of sp³-hybridized carbons (Fsp3) is 0.0625. The lowest BCUT2D eigenvalue weighted by Gasteiger charge is -2.03. The van der Waals surface area contributed by atoms with Crippen LogP contribution in [0.4, 0.5) is 4.39 Å². The van der Waals surface area contributed by atoms with Gasteiger partial charge in [0.05, 0.1) is 18.4 Å². The highest BCUT2D eigenvalue weighted by molar-refractivity contribution is 5.93. The fourth-order valence-corrected chi connectivity index (χ4v) is 2.28. The van der Waals surface area contributed by atoms with E-state index in [-0.39, 0.29) is 5.82 Å². The zero-order valence-electron chi connectivity index (χ0n) is 10.8. The molecule has 3 nitrogen and oxygen atoms in total. The summed E-state index contributed by atoms with van der Waals surface area (Å²) in [6, 6.07) is 13.9. The Bertz CT molecular complexity index is 830. The maximum absolute atomic E-state index is 13.3. The molecule has 0 spiro atoms. The third-order valence-electron chi connectivity index (χ3n) is 3.23. The first-order chi connectivity index (χ1) is 9.72. The van der Waals surface area contributed by atoms with Crippen LogP contribution in [0.15, 0.2) is 42.5 Å². The molecule has 20 heavy (non-hydrogen) atoms. The van der Waals surface area contributed by atoms with Crippen molar-refractivity contribution in [2.24, 2.45) is 0 Å². The Labute approximate surface area is 115 Å². The lowest BCUT2D eigenvalue weighted by atomic mass is 10.1. The topological polar surface area (TPSA) is 48.8 Å². The van der Waals surface area contributed by atoms with Gasteiger partial charge in [0.2, 0.25) is 0 Å². The highest BCUT2D eigenvalue weighted by Crippen LogP contribution is 2.31. The van der Waals surface area contributed by atoms with Crippen LogP contribution in [0.3, 0.4) is 0 Å². The molecule has 98 valence electrons. The maximum Gasteiger partial charge on any atom is 0.124 e. The van der Waals surface area contributed by atoms with E-state index in [0.29, 0.717) is 22.4 Å². The number of aromatic nitrogens is 1. The minimum absolute atomic E-state index is 0.356. The summed E-state index contributed by atoms with van der Waals surface area (Å²) in [5.74, 6) is 0.349. The molecule has 0 unspecified atom stereocenters. The summed E-state index contributed by atoms with van der Waals surface area (Å²) in [7, 11) is 1.59. The van der Waals surface area contributed by atoms with Crippen molar-refractivity contribution in [2.75, 3.05) is 7.11 Å². The van der Waals surface area contributed by atoms with Crippen molar-refractivity contribution in [3.8, 4) is 23.1 Å². The average Bonchev–Trinajstić information content (AvgIpc) is 2.85. The molecule has 1 N–H and O–H groups in total. The van der Waals surface area contributed by atoms with Gasteiger partial charge in [0.1, 0.15) is 17.6 Å². The van der Waals surface area contributed by atoms with Crippen molar-refractivity contribution in [3.05, 3.63) is 53.8 Å². The van der Waals surface area contributed by atoms with Crippen LogP contribution in [0.5, 0.6) is 5.75 Å². The number of halogens is 1. The van der Waals surface area contributed by atoms with Crippen molar-refractivity contribution >= 4 is 10.9 Å². The molecule has 0 radical (unpaired) electrons. The summed E-state index contributed by atoms with van der Waals surface area (Å²) in [6.45, 7) is 0. The van der Waals surface area contributed by atoms with Crippen LogP contribution in [0.1, 0.15) is 5.56 Å². The van der Waals surface area contributed by atoms with Crippen LogP contribution in [0.2, 0.25) is 0 Å². The summed E-state index contributed by atoms with van der Waals surface area (Å²) in [4.78, 5) is 3.17. The molecule has 0 saturated carbocycles. The zero-order chi connectivity index (χ0) is 14.1. The molecule has 0 bridgehead atoms. The molecule has 0 aliphatic carbocycles. The first-order valence-electron chi connectivity index (χ1n) is 6.08. The quantitative estimate of drug-likeness (QED) is 0.765. The van der Waals surface area contributed by atoms with E-state index in [1.54, 1.807) is 13.2 Å². The van der Waals surface area contributed by atoms with E-state index in [1.165, 1.54) is 12.1 Å². The Balaban J connectivity index is 2.28. The Morgan fingerprint density at radius 2 is 2.05 bits per heavy atom. The van der Waals surface area contributed by atoms with Gasteiger partial charge in [-0.2, -0.15) is 5.26 Å². The molecule has 4 heteroatoms. The van der Waals surface area contributed by atoms with Gasteiger partial charge in [-0.15, -0.1) is 0 Å². The van der Waals surface area contributed by atoms with Crippen LogP contribution in [-0.2, 0) is 0 Å². The minimum Gasteiger partial charge on any atom is -0.497 e. The van der Waals surface area contributed by atoms with Crippen LogP contribution in [0, 0.1) is 17.1 Å². The highest BCUT2D eigenvalue weighted by Gasteiger charge is 2.13. The second kappa shape index (κ2) is 4.71. The summed E-state index contributed by atoms with van der Waals surface area (Å²) < 4.78 is 18.5. The van der Waals surface area contributed by atoms with Crippen molar-refractivity contribution in [1.82, 2.24) is 4.98 Å². The van der Waals surface area contributed by atoms with Crippen molar-refractivity contribution in [2.45, 2.75) is 0 Å². The van der Waals surface area contributed by atoms with Crippen molar-refractivity contribution in [1.29, 1.82) is 5.26 Å². The predicted molar refractivity (Wildman–Crippen MR) is 75.0 cm³/mol. The molecule has 0 amide bonds. The van der Waals surface area contributed by atoms with E-state index >= 15 is 0 Å². The number of nitrogens with one attached hydrogen (secondary N) is 1. The number of aromatic amines is 1. The standard InChI is InChI=1S/C16H11FN2O/c1-20-12-4-2-3-10(7-12)16-14(9-18)13-8-11(17)5-6-15(13)19-16/h2-8,19H,1H3. The van der Waals surface area contributed by atoms with E-state index in [2.05, 4.69) is 11.1 Å². The second-order valence-corrected chi connectivity index (χ2v) is 4.41. The number of fused-ring (bicyclic) bond motifs is 1. The average molecular weight is 266 g/mol. The fourth-order valence-electron chi connectivity index (χ4n) is 2.28. The first-order valence-corrected chi connectivity index (χ1v) is 6.08. The maximum atomic E-state index is 13.3. The lowest BCUT2D eigenvalue weighted by molar-refractivity contribution is 0.415. The Morgan fingerprint density at radius 1 is 1.20 bits per heavy atom. The summed E-state index contributed by atoms with van der Waals surface area (Å²) in [6.07, 6.45) is 0. The highest BCUT2D eigenvalue weighted by atomic mass is 19.1. The molecule has 0 saturated heterocycles. The van der Waals surface area contributed by atoms with Crippen LogP contribution in [0.25, 0.3) is 22.2 Å². The Hall–Kier alpha value is -2.80. The monoisotopic (exact) mass is 266 g/mol. The third-order valence-corrected chi connectivity index (χ3v) is 3.23. The molecule has 1 heterocycles. The number of rotatable bonds is 2. The van der Waals surface area contributed by atoms with Gasteiger partial charge in [-0.3, -0.25) is 0 Å². The number of ether oxygens (including phenoxy) is 1. The molecule has 0 atom stereocenters. The third kappa shape index (κ3) is 1.90. The Morgan fingerprint density at radius 3 is 2.80 bits per heavy atom. The number of benzene rings is 2. The minimum atomic E-state index is -0.356. The molecule has 3 rings (SSSR count). The first kappa shape index (κ1) is 12.2. The number of hydrogen-bond donors (Lipinski definition) is 1. The van der Waals surface area contributed by atoms with Gasteiger partial charge >= 0.3 is 0 Å². The molecule has 0 aliphatic heterocycles. The van der Waals surface area contributed by atoms with Crippen LogP contribution in [-0.4, -0.2) is 12.1 Å². The number of methoxy groups -OCH3 is 1. The van der Waals surface area contributed by atoms with Gasteiger partial charge < -0.3 is 9.72 Å². The van der Waals surface area contributed by atoms with E-state index in [4.69, 9.17) is 4.74 Å². The van der Waals surface area contributed by atoms with Gasteiger partial charge in [-0.05, 0) is 30.3 Å². The molecule has 2 aromatic carbocycles. The molecular formula is C16H11FN2O. The van der Waals surface area contributed by atoms with Gasteiger partial charge in [0.25, 0.3) is 0 Å². The predicted octanol–water partition coefficient (Wildman–Crippen LogP) is 3.85. The van der Waals surface area contributed by atoms with Gasteiger partial charge in [-0.25, -0.2) is 4.39 Å². The molecule has 3 aromatic rings. The number of nitriles is 1.